The maximum Gasteiger partial charge on any atom is 0.0954 e. The minimum atomic E-state index is 0.730. The summed E-state index contributed by atoms with van der Waals surface area (Å²) in [5.74, 6) is 0. The van der Waals surface area contributed by atoms with Gasteiger partial charge in [0.05, 0.1) is 29.0 Å². The lowest BCUT2D eigenvalue weighted by molar-refractivity contribution is 1.12. The smallest absolute Gasteiger partial charge is 0.0954 e. The van der Waals surface area contributed by atoms with Crippen LogP contribution in [0.3, 0.4) is 0 Å². The Hall–Kier alpha value is -1.66. The molecule has 0 fully saturated rings. The maximum atomic E-state index is 6.01. The molecule has 0 radical (unpaired) electrons. The molecule has 0 saturated heterocycles. The van der Waals surface area contributed by atoms with Crippen molar-refractivity contribution in [2.45, 2.75) is 13.5 Å². The monoisotopic (exact) mass is 348 g/mol. The van der Waals surface area contributed by atoms with Crippen LogP contribution in [0, 0.1) is 6.92 Å². The molecule has 1 aromatic carbocycles. The van der Waals surface area contributed by atoms with Gasteiger partial charge in [-0.25, -0.2) is 4.98 Å². The highest BCUT2D eigenvalue weighted by atomic mass is 79.9. The van der Waals surface area contributed by atoms with Gasteiger partial charge in [-0.3, -0.25) is 4.98 Å². The first kappa shape index (κ1) is 13.3. The topological polar surface area (TPSA) is 63.8 Å². The third kappa shape index (κ3) is 2.48. The van der Waals surface area contributed by atoms with Crippen molar-refractivity contribution in [3.8, 4) is 0 Å². The van der Waals surface area contributed by atoms with Gasteiger partial charge in [-0.2, -0.15) is 0 Å². The molecule has 0 bridgehead atoms. The van der Waals surface area contributed by atoms with E-state index in [1.165, 1.54) is 4.88 Å². The second-order valence-corrected chi connectivity index (χ2v) is 6.32. The fourth-order valence-electron chi connectivity index (χ4n) is 2.03. The van der Waals surface area contributed by atoms with E-state index >= 15 is 0 Å². The quantitative estimate of drug-likeness (QED) is 0.703. The van der Waals surface area contributed by atoms with Gasteiger partial charge >= 0.3 is 0 Å². The molecule has 0 saturated carbocycles. The van der Waals surface area contributed by atoms with E-state index in [2.05, 4.69) is 31.2 Å². The summed E-state index contributed by atoms with van der Waals surface area (Å²) in [6, 6.07) is 5.86. The first-order valence-electron chi connectivity index (χ1n) is 6.11. The van der Waals surface area contributed by atoms with Gasteiger partial charge in [0.2, 0.25) is 0 Å². The van der Waals surface area contributed by atoms with E-state index < -0.39 is 0 Å². The molecule has 4 nitrogen and oxygen atoms in total. The first-order chi connectivity index (χ1) is 9.65. The molecule has 3 rings (SSSR count). The number of halogens is 1. The number of aryl methyl sites for hydroxylation is 1. The zero-order valence-corrected chi connectivity index (χ0v) is 13.3. The van der Waals surface area contributed by atoms with Crippen molar-refractivity contribution < 1.29 is 0 Å². The molecule has 6 heteroatoms. The molecule has 2 heterocycles. The Bertz CT molecular complexity index is 769. The standard InChI is InChI=1S/C14H13BrN4S/c1-8-13(20-7-19-8)6-17-12-3-2-11(16)10-4-9(15)5-18-14(10)12/h2-5,7,17H,6,16H2,1H3. The van der Waals surface area contributed by atoms with Crippen LogP contribution in [0.5, 0.6) is 0 Å². The summed E-state index contributed by atoms with van der Waals surface area (Å²) in [5, 5.41) is 4.36. The highest BCUT2D eigenvalue weighted by Crippen LogP contribution is 2.29. The van der Waals surface area contributed by atoms with E-state index in [0.29, 0.717) is 0 Å². The Balaban J connectivity index is 1.96. The third-order valence-corrected chi connectivity index (χ3v) is 4.50. The molecular weight excluding hydrogens is 336 g/mol. The predicted octanol–water partition coefficient (Wildman–Crippen LogP) is 3.96. The number of nitrogen functional groups attached to an aromatic ring is 1. The lowest BCUT2D eigenvalue weighted by Gasteiger charge is -2.10. The SMILES string of the molecule is Cc1ncsc1CNc1ccc(N)c2cc(Br)cnc12. The fourth-order valence-corrected chi connectivity index (χ4v) is 3.08. The zero-order valence-electron chi connectivity index (χ0n) is 10.9. The summed E-state index contributed by atoms with van der Waals surface area (Å²) < 4.78 is 0.923. The first-order valence-corrected chi connectivity index (χ1v) is 7.79. The van der Waals surface area contributed by atoms with Gasteiger partial charge in [0.15, 0.2) is 0 Å². The van der Waals surface area contributed by atoms with Crippen molar-refractivity contribution in [3.05, 3.63) is 45.0 Å². The van der Waals surface area contributed by atoms with Crippen molar-refractivity contribution in [2.24, 2.45) is 0 Å². The molecule has 0 atom stereocenters. The molecule has 0 amide bonds. The summed E-state index contributed by atoms with van der Waals surface area (Å²) in [4.78, 5) is 9.94. The summed E-state index contributed by atoms with van der Waals surface area (Å²) in [6.07, 6.45) is 1.78. The lowest BCUT2D eigenvalue weighted by atomic mass is 10.1. The Labute approximate surface area is 129 Å². The molecular formula is C14H13BrN4S. The van der Waals surface area contributed by atoms with Crippen molar-refractivity contribution in [2.75, 3.05) is 11.1 Å². The Morgan fingerprint density at radius 3 is 2.95 bits per heavy atom. The summed E-state index contributed by atoms with van der Waals surface area (Å²) in [6.45, 7) is 2.76. The van der Waals surface area contributed by atoms with Gasteiger partial charge in [0.25, 0.3) is 0 Å². The van der Waals surface area contributed by atoms with Gasteiger partial charge in [0.1, 0.15) is 0 Å². The number of anilines is 2. The van der Waals surface area contributed by atoms with Crippen LogP contribution < -0.4 is 11.1 Å². The van der Waals surface area contributed by atoms with Gasteiger partial charge in [-0.15, -0.1) is 11.3 Å². The van der Waals surface area contributed by atoms with Crippen molar-refractivity contribution >= 4 is 49.5 Å². The minimum absolute atomic E-state index is 0.730. The number of nitrogens with one attached hydrogen (secondary N) is 1. The fraction of sp³-hybridized carbons (Fsp3) is 0.143. The number of fused-ring (bicyclic) bond motifs is 1. The minimum Gasteiger partial charge on any atom is -0.398 e. The summed E-state index contributed by atoms with van der Waals surface area (Å²) >= 11 is 5.08. The Kier molecular flexibility index (Phi) is 3.58. The number of nitrogens with two attached hydrogens (primary N) is 1. The number of thiazole rings is 1. The van der Waals surface area contributed by atoms with E-state index in [9.17, 15) is 0 Å². The van der Waals surface area contributed by atoms with E-state index in [0.717, 1.165) is 39.0 Å². The Morgan fingerprint density at radius 1 is 1.35 bits per heavy atom. The molecule has 20 heavy (non-hydrogen) atoms. The largest absolute Gasteiger partial charge is 0.398 e. The Morgan fingerprint density at radius 2 is 2.20 bits per heavy atom. The average Bonchev–Trinajstić information content (AvgIpc) is 2.84. The van der Waals surface area contributed by atoms with Crippen LogP contribution >= 0.6 is 27.3 Å². The predicted molar refractivity (Wildman–Crippen MR) is 88.0 cm³/mol. The van der Waals surface area contributed by atoms with Crippen LogP contribution in [0.1, 0.15) is 10.6 Å². The number of pyridine rings is 1. The second-order valence-electron chi connectivity index (χ2n) is 4.47. The molecule has 0 spiro atoms. The molecule has 102 valence electrons. The van der Waals surface area contributed by atoms with Crippen LogP contribution in [-0.2, 0) is 6.54 Å². The number of hydrogen-bond donors (Lipinski definition) is 2. The number of nitrogens with zero attached hydrogens (tertiary/aromatic N) is 2. The molecule has 2 aromatic heterocycles. The highest BCUT2D eigenvalue weighted by Gasteiger charge is 2.07. The van der Waals surface area contributed by atoms with Crippen LogP contribution in [-0.4, -0.2) is 9.97 Å². The van der Waals surface area contributed by atoms with E-state index in [4.69, 9.17) is 5.73 Å². The van der Waals surface area contributed by atoms with Gasteiger partial charge < -0.3 is 11.1 Å². The molecule has 3 N–H and O–H groups in total. The van der Waals surface area contributed by atoms with E-state index in [1.54, 1.807) is 17.5 Å². The third-order valence-electron chi connectivity index (χ3n) is 3.13. The van der Waals surface area contributed by atoms with Gasteiger partial charge in [-0.05, 0) is 41.1 Å². The van der Waals surface area contributed by atoms with E-state index in [-0.39, 0.29) is 0 Å². The normalized spacial score (nSPS) is 10.9. The van der Waals surface area contributed by atoms with Gasteiger partial charge in [0, 0.05) is 26.6 Å². The average molecular weight is 349 g/mol. The van der Waals surface area contributed by atoms with Gasteiger partial charge in [-0.1, -0.05) is 0 Å². The molecule has 0 aliphatic carbocycles. The van der Waals surface area contributed by atoms with Crippen LogP contribution in [0.4, 0.5) is 11.4 Å². The zero-order chi connectivity index (χ0) is 14.1. The molecule has 0 aliphatic heterocycles. The van der Waals surface area contributed by atoms with Crippen LogP contribution in [0.25, 0.3) is 10.9 Å². The van der Waals surface area contributed by atoms with E-state index in [1.807, 2.05) is 30.6 Å². The number of benzene rings is 1. The van der Waals surface area contributed by atoms with Crippen molar-refractivity contribution in [1.82, 2.24) is 9.97 Å². The summed E-state index contributed by atoms with van der Waals surface area (Å²) in [7, 11) is 0. The van der Waals surface area contributed by atoms with Crippen LogP contribution in [0.2, 0.25) is 0 Å². The van der Waals surface area contributed by atoms with Crippen molar-refractivity contribution in [1.29, 1.82) is 0 Å². The molecule has 0 aliphatic rings. The maximum absolute atomic E-state index is 6.01. The number of aromatic nitrogens is 2. The van der Waals surface area contributed by atoms with Crippen molar-refractivity contribution in [3.63, 3.8) is 0 Å². The lowest BCUT2D eigenvalue weighted by Crippen LogP contribution is -2.01. The van der Waals surface area contributed by atoms with Crippen LogP contribution in [0.15, 0.2) is 34.4 Å². The molecule has 3 aromatic rings. The second kappa shape index (κ2) is 5.38. The molecule has 0 unspecified atom stereocenters. The highest BCUT2D eigenvalue weighted by molar-refractivity contribution is 9.10. The summed E-state index contributed by atoms with van der Waals surface area (Å²) in [5.41, 5.74) is 11.5. The number of hydrogen-bond acceptors (Lipinski definition) is 5. The number of rotatable bonds is 3.